The van der Waals surface area contributed by atoms with E-state index in [1.165, 1.54) is 11.8 Å². The summed E-state index contributed by atoms with van der Waals surface area (Å²) in [5.74, 6) is 0.714. The van der Waals surface area contributed by atoms with Gasteiger partial charge in [0.1, 0.15) is 5.75 Å². The van der Waals surface area contributed by atoms with Crippen LogP contribution in [-0.4, -0.2) is 38.6 Å². The van der Waals surface area contributed by atoms with E-state index in [0.717, 1.165) is 17.0 Å². The maximum atomic E-state index is 12.3. The molecule has 146 valence electrons. The van der Waals surface area contributed by atoms with Crippen LogP contribution in [0.2, 0.25) is 5.02 Å². The van der Waals surface area contributed by atoms with Gasteiger partial charge in [-0.2, -0.15) is 9.61 Å². The molecule has 0 bridgehead atoms. The molecule has 9 heteroatoms. The van der Waals surface area contributed by atoms with Gasteiger partial charge in [-0.15, -0.1) is 10.2 Å². The van der Waals surface area contributed by atoms with Gasteiger partial charge < -0.3 is 10.1 Å². The minimum Gasteiger partial charge on any atom is -0.496 e. The van der Waals surface area contributed by atoms with Crippen molar-refractivity contribution < 1.29 is 9.53 Å². The van der Waals surface area contributed by atoms with Crippen molar-refractivity contribution in [3.8, 4) is 17.0 Å². The predicted octanol–water partition coefficient (Wildman–Crippen LogP) is 4.18. The summed E-state index contributed by atoms with van der Waals surface area (Å²) in [6.45, 7) is 0. The third kappa shape index (κ3) is 4.33. The summed E-state index contributed by atoms with van der Waals surface area (Å²) in [6, 6.07) is 18.3. The van der Waals surface area contributed by atoms with Crippen molar-refractivity contribution >= 4 is 40.6 Å². The summed E-state index contributed by atoms with van der Waals surface area (Å²) in [7, 11) is 1.62. The van der Waals surface area contributed by atoms with Gasteiger partial charge in [-0.3, -0.25) is 4.79 Å². The minimum atomic E-state index is -0.171. The Labute approximate surface area is 176 Å². The normalized spacial score (nSPS) is 10.8. The summed E-state index contributed by atoms with van der Waals surface area (Å²) in [6.07, 6.45) is 0. The second-order valence-corrected chi connectivity index (χ2v) is 7.40. The van der Waals surface area contributed by atoms with Gasteiger partial charge in [-0.1, -0.05) is 41.6 Å². The van der Waals surface area contributed by atoms with Gasteiger partial charge in [-0.05, 0) is 42.5 Å². The van der Waals surface area contributed by atoms with Crippen molar-refractivity contribution in [2.24, 2.45) is 0 Å². The summed E-state index contributed by atoms with van der Waals surface area (Å²) < 4.78 is 7.04. The Bertz CT molecular complexity index is 1180. The fraction of sp³-hybridized carbons (Fsp3) is 0.100. The number of anilines is 1. The van der Waals surface area contributed by atoms with Gasteiger partial charge >= 0.3 is 0 Å². The molecule has 0 saturated carbocycles. The van der Waals surface area contributed by atoms with Crippen LogP contribution in [0.5, 0.6) is 5.75 Å². The number of ether oxygens (including phenoxy) is 1. The van der Waals surface area contributed by atoms with E-state index in [1.807, 2.05) is 36.4 Å². The fourth-order valence-electron chi connectivity index (χ4n) is 2.75. The molecule has 4 aromatic rings. The van der Waals surface area contributed by atoms with Crippen LogP contribution in [0, 0.1) is 0 Å². The quantitative estimate of drug-likeness (QED) is 0.466. The van der Waals surface area contributed by atoms with Crippen LogP contribution in [0.15, 0.2) is 65.8 Å². The molecule has 0 radical (unpaired) electrons. The molecule has 29 heavy (non-hydrogen) atoms. The Hall–Kier alpha value is -3.10. The summed E-state index contributed by atoms with van der Waals surface area (Å²) in [5, 5.41) is 16.8. The van der Waals surface area contributed by atoms with Crippen LogP contribution in [0.25, 0.3) is 16.9 Å². The van der Waals surface area contributed by atoms with Crippen LogP contribution in [0.4, 0.5) is 5.69 Å². The van der Waals surface area contributed by atoms with E-state index in [9.17, 15) is 4.79 Å². The topological polar surface area (TPSA) is 81.4 Å². The molecule has 0 unspecified atom stereocenters. The van der Waals surface area contributed by atoms with Crippen LogP contribution in [0.3, 0.4) is 0 Å². The van der Waals surface area contributed by atoms with E-state index < -0.39 is 0 Å². The first-order chi connectivity index (χ1) is 14.1. The summed E-state index contributed by atoms with van der Waals surface area (Å²) >= 11 is 7.20. The molecule has 2 aromatic heterocycles. The number of hydrogen-bond donors (Lipinski definition) is 1. The molecule has 7 nitrogen and oxygen atoms in total. The first kappa shape index (κ1) is 19.2. The van der Waals surface area contributed by atoms with Crippen LogP contribution < -0.4 is 10.1 Å². The average Bonchev–Trinajstić information content (AvgIpc) is 3.14. The first-order valence-corrected chi connectivity index (χ1v) is 10.0. The third-order valence-electron chi connectivity index (χ3n) is 4.06. The zero-order valence-corrected chi connectivity index (χ0v) is 16.9. The molecule has 0 aliphatic heterocycles. The number of methoxy groups -OCH3 is 1. The highest BCUT2D eigenvalue weighted by Gasteiger charge is 2.13. The molecular formula is C20H16ClN5O2S. The number of rotatable bonds is 6. The molecule has 0 spiro atoms. The highest BCUT2D eigenvalue weighted by atomic mass is 35.5. The second-order valence-electron chi connectivity index (χ2n) is 6.02. The number of aromatic nitrogens is 4. The van der Waals surface area contributed by atoms with Gasteiger partial charge in [-0.25, -0.2) is 0 Å². The molecule has 1 amide bonds. The van der Waals surface area contributed by atoms with Crippen molar-refractivity contribution in [2.75, 3.05) is 18.2 Å². The monoisotopic (exact) mass is 425 g/mol. The molecule has 0 saturated heterocycles. The SMILES string of the molecule is COc1ccccc1-c1ccc2nnc(SCC(=O)Nc3cccc(Cl)c3)n2n1. The summed E-state index contributed by atoms with van der Waals surface area (Å²) in [5.41, 5.74) is 2.83. The third-order valence-corrected chi connectivity index (χ3v) is 5.21. The number of fused-ring (bicyclic) bond motifs is 1. The lowest BCUT2D eigenvalue weighted by Gasteiger charge is -2.08. The smallest absolute Gasteiger partial charge is 0.234 e. The molecule has 1 N–H and O–H groups in total. The van der Waals surface area contributed by atoms with E-state index in [2.05, 4.69) is 20.6 Å². The van der Waals surface area contributed by atoms with E-state index in [4.69, 9.17) is 16.3 Å². The fourth-order valence-corrected chi connectivity index (χ4v) is 3.63. The molecule has 0 aliphatic carbocycles. The second kappa shape index (κ2) is 8.50. The highest BCUT2D eigenvalue weighted by molar-refractivity contribution is 7.99. The standard InChI is InChI=1S/C20H16ClN5O2S/c1-28-17-8-3-2-7-15(17)16-9-10-18-23-24-20(26(18)25-16)29-12-19(27)22-14-6-4-5-13(21)11-14/h2-11H,12H2,1H3,(H,22,27). The molecule has 4 rings (SSSR count). The Morgan fingerprint density at radius 3 is 2.83 bits per heavy atom. The number of hydrogen-bond acceptors (Lipinski definition) is 6. The van der Waals surface area contributed by atoms with Crippen LogP contribution >= 0.6 is 23.4 Å². The van der Waals surface area contributed by atoms with Gasteiger partial charge in [0, 0.05) is 16.3 Å². The highest BCUT2D eigenvalue weighted by Crippen LogP contribution is 2.28. The van der Waals surface area contributed by atoms with Gasteiger partial charge in [0.15, 0.2) is 5.65 Å². The van der Waals surface area contributed by atoms with E-state index >= 15 is 0 Å². The number of thioether (sulfide) groups is 1. The lowest BCUT2D eigenvalue weighted by atomic mass is 10.1. The number of benzene rings is 2. The van der Waals surface area contributed by atoms with E-state index in [-0.39, 0.29) is 11.7 Å². The number of nitrogens with one attached hydrogen (secondary N) is 1. The molecule has 0 fully saturated rings. The molecule has 2 aromatic carbocycles. The van der Waals surface area contributed by atoms with Crippen molar-refractivity contribution in [1.82, 2.24) is 19.8 Å². The van der Waals surface area contributed by atoms with Gasteiger partial charge in [0.05, 0.1) is 18.6 Å². The summed E-state index contributed by atoms with van der Waals surface area (Å²) in [4.78, 5) is 12.3. The molecule has 0 atom stereocenters. The number of carbonyl (C=O) groups excluding carboxylic acids is 1. The number of carbonyl (C=O) groups is 1. The van der Waals surface area contributed by atoms with Crippen molar-refractivity contribution in [1.29, 1.82) is 0 Å². The molecule has 2 heterocycles. The van der Waals surface area contributed by atoms with Gasteiger partial charge in [0.25, 0.3) is 0 Å². The maximum absolute atomic E-state index is 12.3. The van der Waals surface area contributed by atoms with Crippen LogP contribution in [-0.2, 0) is 4.79 Å². The van der Waals surface area contributed by atoms with Crippen molar-refractivity contribution in [3.63, 3.8) is 0 Å². The molecular weight excluding hydrogens is 410 g/mol. The number of para-hydroxylation sites is 1. The average molecular weight is 426 g/mol. The Morgan fingerprint density at radius 1 is 1.14 bits per heavy atom. The minimum absolute atomic E-state index is 0.161. The Balaban J connectivity index is 1.53. The maximum Gasteiger partial charge on any atom is 0.234 e. The first-order valence-electron chi connectivity index (χ1n) is 8.68. The van der Waals surface area contributed by atoms with E-state index in [0.29, 0.717) is 21.5 Å². The predicted molar refractivity (Wildman–Crippen MR) is 114 cm³/mol. The number of nitrogens with zero attached hydrogens (tertiary/aromatic N) is 4. The van der Waals surface area contributed by atoms with E-state index in [1.54, 1.807) is 35.9 Å². The van der Waals surface area contributed by atoms with Crippen LogP contribution in [0.1, 0.15) is 0 Å². The van der Waals surface area contributed by atoms with Crippen molar-refractivity contribution in [2.45, 2.75) is 5.16 Å². The lowest BCUT2D eigenvalue weighted by molar-refractivity contribution is -0.113. The van der Waals surface area contributed by atoms with Crippen molar-refractivity contribution in [3.05, 3.63) is 65.7 Å². The number of amides is 1. The zero-order valence-electron chi connectivity index (χ0n) is 15.4. The molecule has 0 aliphatic rings. The zero-order chi connectivity index (χ0) is 20.2. The number of halogens is 1. The largest absolute Gasteiger partial charge is 0.496 e. The van der Waals surface area contributed by atoms with Gasteiger partial charge in [0.2, 0.25) is 11.1 Å². The Kier molecular flexibility index (Phi) is 5.64. The Morgan fingerprint density at radius 2 is 2.00 bits per heavy atom. The lowest BCUT2D eigenvalue weighted by Crippen LogP contribution is -2.14.